The van der Waals surface area contributed by atoms with Crippen LogP contribution in [0.5, 0.6) is 11.5 Å². The fraction of sp³-hybridized carbons (Fsp3) is 0.214. The summed E-state index contributed by atoms with van der Waals surface area (Å²) in [5, 5.41) is 14.4. The molecule has 9 heteroatoms. The lowest BCUT2D eigenvalue weighted by atomic mass is 10.2. The van der Waals surface area contributed by atoms with Crippen molar-refractivity contribution in [3.63, 3.8) is 0 Å². The largest absolute Gasteiger partial charge is 0.503 e. The number of nitrogens with one attached hydrogen (secondary N) is 1. The van der Waals surface area contributed by atoms with Gasteiger partial charge in [0.2, 0.25) is 5.13 Å². The van der Waals surface area contributed by atoms with E-state index in [0.717, 1.165) is 11.3 Å². The molecule has 2 aromatic rings. The van der Waals surface area contributed by atoms with Crippen LogP contribution in [0, 0.1) is 6.92 Å². The van der Waals surface area contributed by atoms with Gasteiger partial charge in [-0.2, -0.15) is 5.10 Å². The van der Waals surface area contributed by atoms with Gasteiger partial charge in [0, 0.05) is 5.56 Å². The first-order valence-corrected chi connectivity index (χ1v) is 7.99. The van der Waals surface area contributed by atoms with Crippen molar-refractivity contribution >= 4 is 44.6 Å². The highest BCUT2D eigenvalue weighted by atomic mass is 79.9. The van der Waals surface area contributed by atoms with E-state index in [9.17, 15) is 9.90 Å². The van der Waals surface area contributed by atoms with E-state index in [1.54, 1.807) is 19.1 Å². The molecule has 7 nitrogen and oxygen atoms in total. The first-order chi connectivity index (χ1) is 11.0. The molecule has 23 heavy (non-hydrogen) atoms. The molecule has 0 aliphatic carbocycles. The van der Waals surface area contributed by atoms with Crippen LogP contribution in [0.1, 0.15) is 20.9 Å². The average Bonchev–Trinajstić information content (AvgIpc) is 2.91. The van der Waals surface area contributed by atoms with Crippen LogP contribution in [0.2, 0.25) is 0 Å². The first-order valence-electron chi connectivity index (χ1n) is 6.38. The van der Waals surface area contributed by atoms with Crippen molar-refractivity contribution in [3.8, 4) is 11.5 Å². The summed E-state index contributed by atoms with van der Waals surface area (Å²) in [5.41, 5.74) is 3.97. The van der Waals surface area contributed by atoms with Crippen molar-refractivity contribution in [2.75, 3.05) is 19.6 Å². The second-order valence-corrected chi connectivity index (χ2v) is 6.11. The maximum atomic E-state index is 11.5. The highest BCUT2D eigenvalue weighted by molar-refractivity contribution is 9.10. The van der Waals surface area contributed by atoms with Gasteiger partial charge in [-0.3, -0.25) is 5.43 Å². The van der Waals surface area contributed by atoms with Crippen molar-refractivity contribution < 1.29 is 19.4 Å². The third-order valence-electron chi connectivity index (χ3n) is 2.86. The molecule has 0 aliphatic heterocycles. The Labute approximate surface area is 145 Å². The van der Waals surface area contributed by atoms with Gasteiger partial charge in [-0.1, -0.05) is 11.3 Å². The zero-order valence-electron chi connectivity index (χ0n) is 12.6. The summed E-state index contributed by atoms with van der Waals surface area (Å²) >= 11 is 4.43. The number of carbonyl (C=O) groups is 1. The van der Waals surface area contributed by atoms with Crippen LogP contribution < -0.4 is 10.2 Å². The molecule has 1 aromatic heterocycles. The molecule has 0 aliphatic rings. The summed E-state index contributed by atoms with van der Waals surface area (Å²) in [7, 11) is 2.79. The van der Waals surface area contributed by atoms with Crippen molar-refractivity contribution in [2.45, 2.75) is 6.92 Å². The average molecular weight is 400 g/mol. The fourth-order valence-electron chi connectivity index (χ4n) is 1.71. The molecule has 0 atom stereocenters. The predicted octanol–water partition coefficient (Wildman–Crippen LogP) is 3.16. The van der Waals surface area contributed by atoms with E-state index < -0.39 is 5.97 Å². The Balaban J connectivity index is 2.14. The molecule has 0 bridgehead atoms. The Morgan fingerprint density at radius 1 is 1.48 bits per heavy atom. The first kappa shape index (κ1) is 17.2. The van der Waals surface area contributed by atoms with E-state index in [2.05, 4.69) is 36.2 Å². The Morgan fingerprint density at radius 3 is 2.87 bits per heavy atom. The van der Waals surface area contributed by atoms with Gasteiger partial charge >= 0.3 is 5.97 Å². The number of nitrogens with zero attached hydrogens (tertiary/aromatic N) is 2. The number of aromatic hydroxyl groups is 1. The SMILES string of the molecule is COC(=O)c1sc(N/N=C\c2ccc(OC)c(O)c2Br)nc1C. The number of ether oxygens (including phenoxy) is 2. The van der Waals surface area contributed by atoms with Gasteiger partial charge in [-0.25, -0.2) is 9.78 Å². The van der Waals surface area contributed by atoms with Crippen molar-refractivity contribution in [1.29, 1.82) is 0 Å². The number of rotatable bonds is 5. The van der Waals surface area contributed by atoms with Gasteiger partial charge in [0.05, 0.1) is 30.6 Å². The van der Waals surface area contributed by atoms with E-state index in [1.165, 1.54) is 20.4 Å². The number of thiazole rings is 1. The number of phenols is 1. The maximum absolute atomic E-state index is 11.5. The van der Waals surface area contributed by atoms with Gasteiger partial charge in [-0.05, 0) is 35.0 Å². The number of methoxy groups -OCH3 is 2. The van der Waals surface area contributed by atoms with Gasteiger partial charge < -0.3 is 14.6 Å². The number of hydrazone groups is 1. The Bertz CT molecular complexity index is 761. The Hall–Kier alpha value is -2.13. The van der Waals surface area contributed by atoms with E-state index in [4.69, 9.17) is 4.74 Å². The van der Waals surface area contributed by atoms with E-state index in [-0.39, 0.29) is 5.75 Å². The Kier molecular flexibility index (Phi) is 5.56. The lowest BCUT2D eigenvalue weighted by Crippen LogP contribution is -1.99. The standard InChI is InChI=1S/C14H14BrN3O4S/c1-7-12(13(20)22-3)23-14(17-7)18-16-6-8-4-5-9(21-2)11(19)10(8)15/h4-6,19H,1-3H3,(H,17,18)/b16-6-. The number of carbonyl (C=O) groups excluding carboxylic acids is 1. The zero-order chi connectivity index (χ0) is 17.0. The minimum atomic E-state index is -0.431. The monoisotopic (exact) mass is 399 g/mol. The normalized spacial score (nSPS) is 10.8. The molecule has 0 fully saturated rings. The molecule has 0 saturated heterocycles. The molecule has 2 rings (SSSR count). The van der Waals surface area contributed by atoms with E-state index >= 15 is 0 Å². The summed E-state index contributed by atoms with van der Waals surface area (Å²) in [4.78, 5) is 16.1. The topological polar surface area (TPSA) is 93.0 Å². The number of benzene rings is 1. The van der Waals surface area contributed by atoms with Crippen LogP contribution >= 0.6 is 27.3 Å². The van der Waals surface area contributed by atoms with Crippen LogP contribution in [0.3, 0.4) is 0 Å². The minimum Gasteiger partial charge on any atom is -0.503 e. The molecule has 1 aromatic carbocycles. The highest BCUT2D eigenvalue weighted by Gasteiger charge is 2.15. The van der Waals surface area contributed by atoms with Crippen LogP contribution in [0.25, 0.3) is 0 Å². The maximum Gasteiger partial charge on any atom is 0.350 e. The van der Waals surface area contributed by atoms with E-state index in [1.807, 2.05) is 0 Å². The number of aromatic nitrogens is 1. The number of halogens is 1. The second kappa shape index (κ2) is 7.42. The molecule has 0 unspecified atom stereocenters. The van der Waals surface area contributed by atoms with Crippen LogP contribution in [0.4, 0.5) is 5.13 Å². The second-order valence-electron chi connectivity index (χ2n) is 4.31. The summed E-state index contributed by atoms with van der Waals surface area (Å²) in [6, 6.07) is 3.37. The predicted molar refractivity (Wildman–Crippen MR) is 91.8 cm³/mol. The molecule has 0 amide bonds. The van der Waals surface area contributed by atoms with Crippen LogP contribution in [0.15, 0.2) is 21.7 Å². The number of esters is 1. The molecule has 0 saturated carbocycles. The fourth-order valence-corrected chi connectivity index (χ4v) is 2.97. The van der Waals surface area contributed by atoms with Gasteiger partial charge in [0.25, 0.3) is 0 Å². The number of aryl methyl sites for hydroxylation is 1. The summed E-state index contributed by atoms with van der Waals surface area (Å²) in [5.74, 6) is -0.0744. The van der Waals surface area contributed by atoms with Crippen LogP contribution in [-0.2, 0) is 4.74 Å². The van der Waals surface area contributed by atoms with E-state index in [0.29, 0.717) is 31.5 Å². The quantitative estimate of drug-likeness (QED) is 0.455. The molecule has 0 radical (unpaired) electrons. The molecule has 2 N–H and O–H groups in total. The van der Waals surface area contributed by atoms with Crippen LogP contribution in [-0.4, -0.2) is 36.5 Å². The molecular formula is C14H14BrN3O4S. The number of anilines is 1. The number of hydrogen-bond donors (Lipinski definition) is 2. The molecular weight excluding hydrogens is 386 g/mol. The molecule has 1 heterocycles. The van der Waals surface area contributed by atoms with Crippen molar-refractivity contribution in [2.24, 2.45) is 5.10 Å². The van der Waals surface area contributed by atoms with Gasteiger partial charge in [-0.15, -0.1) is 0 Å². The smallest absolute Gasteiger partial charge is 0.350 e. The highest BCUT2D eigenvalue weighted by Crippen LogP contribution is 2.35. The van der Waals surface area contributed by atoms with Gasteiger partial charge in [0.1, 0.15) is 4.88 Å². The summed E-state index contributed by atoms with van der Waals surface area (Å²) in [6.07, 6.45) is 1.51. The van der Waals surface area contributed by atoms with Gasteiger partial charge in [0.15, 0.2) is 11.5 Å². The molecule has 122 valence electrons. The number of hydrogen-bond acceptors (Lipinski definition) is 8. The van der Waals surface area contributed by atoms with Crippen molar-refractivity contribution in [3.05, 3.63) is 32.7 Å². The Morgan fingerprint density at radius 2 is 2.22 bits per heavy atom. The third-order valence-corrected chi connectivity index (χ3v) is 4.74. The summed E-state index contributed by atoms with van der Waals surface area (Å²) < 4.78 is 10.2. The lowest BCUT2D eigenvalue weighted by molar-refractivity contribution is 0.0605. The lowest BCUT2D eigenvalue weighted by Gasteiger charge is -2.06. The zero-order valence-corrected chi connectivity index (χ0v) is 15.0. The number of phenolic OH excluding ortho intramolecular Hbond substituents is 1. The third kappa shape index (κ3) is 3.80. The van der Waals surface area contributed by atoms with Crippen molar-refractivity contribution in [1.82, 2.24) is 4.98 Å². The minimum absolute atomic E-state index is 0.00507. The molecule has 0 spiro atoms. The summed E-state index contributed by atoms with van der Waals surface area (Å²) in [6.45, 7) is 1.72.